The van der Waals surface area contributed by atoms with Crippen molar-refractivity contribution in [3.8, 4) is 23.0 Å². The van der Waals surface area contributed by atoms with Gasteiger partial charge in [-0.2, -0.15) is 0 Å². The van der Waals surface area contributed by atoms with Gasteiger partial charge in [0.05, 0.1) is 14.2 Å². The molecule has 134 valence electrons. The Morgan fingerprint density at radius 3 is 2.54 bits per heavy atom. The fourth-order valence-corrected chi connectivity index (χ4v) is 2.24. The fraction of sp³-hybridized carbons (Fsp3) is 0.211. The summed E-state index contributed by atoms with van der Waals surface area (Å²) in [4.78, 5) is 11.2. The van der Waals surface area contributed by atoms with Gasteiger partial charge in [0.1, 0.15) is 24.5 Å². The lowest BCUT2D eigenvalue weighted by molar-refractivity contribution is -0.140. The van der Waals surface area contributed by atoms with Crippen LogP contribution in [0.25, 0.3) is 11.5 Å². The largest absolute Gasteiger partial charge is 0.497 e. The summed E-state index contributed by atoms with van der Waals surface area (Å²) in [6.07, 6.45) is -0.0457. The monoisotopic (exact) mass is 354 g/mol. The van der Waals surface area contributed by atoms with Gasteiger partial charge < -0.3 is 18.6 Å². The van der Waals surface area contributed by atoms with E-state index in [2.05, 4.69) is 14.9 Å². The van der Waals surface area contributed by atoms with E-state index in [1.165, 1.54) is 7.11 Å². The highest BCUT2D eigenvalue weighted by atomic mass is 16.5. The van der Waals surface area contributed by atoms with E-state index in [1.54, 1.807) is 7.11 Å². The highest BCUT2D eigenvalue weighted by molar-refractivity contribution is 5.71. The van der Waals surface area contributed by atoms with Gasteiger partial charge in [-0.1, -0.05) is 18.2 Å². The summed E-state index contributed by atoms with van der Waals surface area (Å²) in [5.74, 6) is 1.63. The number of carbonyl (C=O) groups is 1. The van der Waals surface area contributed by atoms with Crippen molar-refractivity contribution >= 4 is 5.97 Å². The SMILES string of the molecule is COC(=O)Cc1nnc(-c2ccc(COc3cccc(OC)c3)cc2)o1. The highest BCUT2D eigenvalue weighted by Gasteiger charge is 2.12. The van der Waals surface area contributed by atoms with Crippen LogP contribution in [0.4, 0.5) is 0 Å². The van der Waals surface area contributed by atoms with Crippen LogP contribution in [0.2, 0.25) is 0 Å². The highest BCUT2D eigenvalue weighted by Crippen LogP contribution is 2.22. The molecule has 2 aromatic carbocycles. The first kappa shape index (κ1) is 17.5. The van der Waals surface area contributed by atoms with Crippen molar-refractivity contribution in [2.24, 2.45) is 0 Å². The second-order valence-electron chi connectivity index (χ2n) is 5.42. The molecule has 0 saturated heterocycles. The Kier molecular flexibility index (Phi) is 5.48. The summed E-state index contributed by atoms with van der Waals surface area (Å²) in [6, 6.07) is 15.0. The number of carbonyl (C=O) groups excluding carboxylic acids is 1. The third kappa shape index (κ3) is 4.38. The van der Waals surface area contributed by atoms with Gasteiger partial charge in [-0.15, -0.1) is 10.2 Å². The smallest absolute Gasteiger partial charge is 0.315 e. The maximum atomic E-state index is 11.2. The lowest BCUT2D eigenvalue weighted by atomic mass is 10.1. The van der Waals surface area contributed by atoms with Crippen LogP contribution < -0.4 is 9.47 Å². The van der Waals surface area contributed by atoms with Crippen LogP contribution in [-0.2, 0) is 22.6 Å². The topological polar surface area (TPSA) is 83.7 Å². The van der Waals surface area contributed by atoms with Crippen molar-refractivity contribution in [1.82, 2.24) is 10.2 Å². The van der Waals surface area contributed by atoms with E-state index >= 15 is 0 Å². The van der Waals surface area contributed by atoms with E-state index < -0.39 is 5.97 Å². The predicted octanol–water partition coefficient (Wildman–Crippen LogP) is 3.04. The Balaban J connectivity index is 1.62. The Bertz CT molecular complexity index is 874. The van der Waals surface area contributed by atoms with Crippen molar-refractivity contribution in [3.05, 3.63) is 60.0 Å². The molecule has 3 aromatic rings. The van der Waals surface area contributed by atoms with Gasteiger partial charge in [-0.3, -0.25) is 4.79 Å². The van der Waals surface area contributed by atoms with E-state index in [9.17, 15) is 4.79 Å². The number of nitrogens with zero attached hydrogens (tertiary/aromatic N) is 2. The molecule has 0 aliphatic heterocycles. The van der Waals surface area contributed by atoms with Crippen LogP contribution >= 0.6 is 0 Å². The van der Waals surface area contributed by atoms with Crippen LogP contribution in [-0.4, -0.2) is 30.4 Å². The number of aromatic nitrogens is 2. The summed E-state index contributed by atoms with van der Waals surface area (Å²) < 4.78 is 21.0. The quantitative estimate of drug-likeness (QED) is 0.603. The summed E-state index contributed by atoms with van der Waals surface area (Å²) in [7, 11) is 2.93. The molecule has 0 spiro atoms. The molecule has 0 aliphatic carbocycles. The van der Waals surface area contributed by atoms with E-state index in [4.69, 9.17) is 13.9 Å². The average Bonchev–Trinajstić information content (AvgIpc) is 3.15. The van der Waals surface area contributed by atoms with Gasteiger partial charge >= 0.3 is 5.97 Å². The van der Waals surface area contributed by atoms with Crippen molar-refractivity contribution in [3.63, 3.8) is 0 Å². The Morgan fingerprint density at radius 1 is 1.04 bits per heavy atom. The van der Waals surface area contributed by atoms with Crippen molar-refractivity contribution in [1.29, 1.82) is 0 Å². The zero-order valence-corrected chi connectivity index (χ0v) is 14.5. The number of esters is 1. The second-order valence-corrected chi connectivity index (χ2v) is 5.42. The molecule has 0 unspecified atom stereocenters. The van der Waals surface area contributed by atoms with Crippen LogP contribution in [0.1, 0.15) is 11.5 Å². The molecule has 0 fully saturated rings. The van der Waals surface area contributed by atoms with Gasteiger partial charge in [-0.25, -0.2) is 0 Å². The van der Waals surface area contributed by atoms with Crippen LogP contribution in [0.3, 0.4) is 0 Å². The minimum atomic E-state index is -0.426. The Morgan fingerprint density at radius 2 is 1.81 bits per heavy atom. The van der Waals surface area contributed by atoms with E-state index in [0.717, 1.165) is 22.6 Å². The number of hydrogen-bond acceptors (Lipinski definition) is 7. The number of benzene rings is 2. The third-order valence-corrected chi connectivity index (χ3v) is 3.64. The first-order valence-corrected chi connectivity index (χ1v) is 7.93. The van der Waals surface area contributed by atoms with Crippen molar-refractivity contribution < 1.29 is 23.4 Å². The number of hydrogen-bond donors (Lipinski definition) is 0. The molecule has 0 saturated carbocycles. The molecule has 0 amide bonds. The minimum absolute atomic E-state index is 0.0457. The zero-order chi connectivity index (χ0) is 18.4. The zero-order valence-electron chi connectivity index (χ0n) is 14.5. The fourth-order valence-electron chi connectivity index (χ4n) is 2.24. The molecule has 3 rings (SSSR count). The molecular formula is C19H18N2O5. The molecule has 7 nitrogen and oxygen atoms in total. The summed E-state index contributed by atoms with van der Waals surface area (Å²) >= 11 is 0. The summed E-state index contributed by atoms with van der Waals surface area (Å²) in [5.41, 5.74) is 1.75. The van der Waals surface area contributed by atoms with Gasteiger partial charge in [0.15, 0.2) is 0 Å². The summed E-state index contributed by atoms with van der Waals surface area (Å²) in [6.45, 7) is 0.421. The maximum Gasteiger partial charge on any atom is 0.315 e. The van der Waals surface area contributed by atoms with Gasteiger partial charge in [0, 0.05) is 11.6 Å². The van der Waals surface area contributed by atoms with Crippen LogP contribution in [0, 0.1) is 0 Å². The van der Waals surface area contributed by atoms with Crippen LogP contribution in [0.15, 0.2) is 52.9 Å². The van der Waals surface area contributed by atoms with Crippen LogP contribution in [0.5, 0.6) is 11.5 Å². The molecular weight excluding hydrogens is 336 g/mol. The molecule has 26 heavy (non-hydrogen) atoms. The first-order chi connectivity index (χ1) is 12.7. The van der Waals surface area contributed by atoms with Gasteiger partial charge in [0.2, 0.25) is 11.8 Å². The Hall–Kier alpha value is -3.35. The molecule has 0 atom stereocenters. The normalized spacial score (nSPS) is 10.4. The van der Waals surface area contributed by atoms with E-state index in [0.29, 0.717) is 12.5 Å². The number of rotatable bonds is 7. The molecule has 0 aliphatic rings. The second kappa shape index (κ2) is 8.15. The minimum Gasteiger partial charge on any atom is -0.497 e. The van der Waals surface area contributed by atoms with Gasteiger partial charge in [0.25, 0.3) is 0 Å². The summed E-state index contributed by atoms with van der Waals surface area (Å²) in [5, 5.41) is 7.79. The number of ether oxygens (including phenoxy) is 3. The molecule has 0 bridgehead atoms. The lowest BCUT2D eigenvalue weighted by Gasteiger charge is -2.08. The average molecular weight is 354 g/mol. The first-order valence-electron chi connectivity index (χ1n) is 7.93. The maximum absolute atomic E-state index is 11.2. The molecule has 0 radical (unpaired) electrons. The van der Waals surface area contributed by atoms with E-state index in [-0.39, 0.29) is 12.3 Å². The van der Waals surface area contributed by atoms with Gasteiger partial charge in [-0.05, 0) is 29.8 Å². The molecule has 0 N–H and O–H groups in total. The Labute approximate surface area is 150 Å². The molecule has 1 heterocycles. The predicted molar refractivity (Wildman–Crippen MR) is 92.8 cm³/mol. The van der Waals surface area contributed by atoms with Crippen molar-refractivity contribution in [2.75, 3.05) is 14.2 Å². The standard InChI is InChI=1S/C19H18N2O5/c1-23-15-4-3-5-16(10-15)25-12-13-6-8-14(9-7-13)19-21-20-17(26-19)11-18(22)24-2/h3-10H,11-12H2,1-2H3. The van der Waals surface area contributed by atoms with Crippen molar-refractivity contribution in [2.45, 2.75) is 13.0 Å². The lowest BCUT2D eigenvalue weighted by Crippen LogP contribution is -2.04. The third-order valence-electron chi connectivity index (χ3n) is 3.64. The molecule has 1 aromatic heterocycles. The van der Waals surface area contributed by atoms with E-state index in [1.807, 2.05) is 48.5 Å². The molecule has 7 heteroatoms. The number of methoxy groups -OCH3 is 2.